The summed E-state index contributed by atoms with van der Waals surface area (Å²) in [6.45, 7) is 0.0596. The Hall–Kier alpha value is -3.51. The number of esters is 1. The van der Waals surface area contributed by atoms with Gasteiger partial charge in [0.05, 0.1) is 19.3 Å². The van der Waals surface area contributed by atoms with Crippen molar-refractivity contribution in [3.05, 3.63) is 94.8 Å². The minimum atomic E-state index is -0.520. The molecule has 0 heterocycles. The van der Waals surface area contributed by atoms with Crippen molar-refractivity contribution in [3.8, 4) is 11.1 Å². The number of amides is 1. The predicted molar refractivity (Wildman–Crippen MR) is 107 cm³/mol. The molecule has 0 spiro atoms. The summed E-state index contributed by atoms with van der Waals surface area (Å²) in [5, 5.41) is 12.1. The van der Waals surface area contributed by atoms with Crippen LogP contribution in [0.25, 0.3) is 11.1 Å². The van der Waals surface area contributed by atoms with Gasteiger partial charge in [0, 0.05) is 17.7 Å². The molecule has 0 atom stereocenters. The minimum absolute atomic E-state index is 0.129. The van der Waals surface area contributed by atoms with E-state index in [1.165, 1.54) is 19.2 Å². The number of aliphatic hydroxyl groups excluding tert-OH is 1. The number of hydrogen-bond donors (Lipinski definition) is 2. The molecule has 3 rings (SSSR count). The van der Waals surface area contributed by atoms with Crippen LogP contribution in [0.5, 0.6) is 0 Å². The van der Waals surface area contributed by atoms with Gasteiger partial charge in [-0.05, 0) is 53.1 Å². The van der Waals surface area contributed by atoms with E-state index in [1.807, 2.05) is 0 Å². The lowest BCUT2D eigenvalue weighted by Crippen LogP contribution is -2.23. The molecular formula is C23H20FNO4. The van der Waals surface area contributed by atoms with Crippen molar-refractivity contribution < 1.29 is 23.8 Å². The van der Waals surface area contributed by atoms with E-state index in [-0.39, 0.29) is 30.4 Å². The fourth-order valence-corrected chi connectivity index (χ4v) is 2.93. The molecule has 0 saturated carbocycles. The van der Waals surface area contributed by atoms with E-state index in [1.54, 1.807) is 54.6 Å². The Morgan fingerprint density at radius 2 is 1.72 bits per heavy atom. The van der Waals surface area contributed by atoms with Crippen LogP contribution in [0.3, 0.4) is 0 Å². The molecule has 0 saturated heterocycles. The maximum Gasteiger partial charge on any atom is 0.337 e. The van der Waals surface area contributed by atoms with Crippen molar-refractivity contribution in [3.63, 3.8) is 0 Å². The quantitative estimate of drug-likeness (QED) is 0.626. The maximum atomic E-state index is 14.3. The van der Waals surface area contributed by atoms with E-state index < -0.39 is 5.97 Å². The lowest BCUT2D eigenvalue weighted by Gasteiger charge is -2.10. The molecule has 29 heavy (non-hydrogen) atoms. The monoisotopic (exact) mass is 393 g/mol. The highest BCUT2D eigenvalue weighted by molar-refractivity contribution is 5.97. The van der Waals surface area contributed by atoms with Crippen LogP contribution in [-0.4, -0.2) is 24.1 Å². The summed E-state index contributed by atoms with van der Waals surface area (Å²) in [6, 6.07) is 17.8. The Balaban J connectivity index is 1.76. The highest BCUT2D eigenvalue weighted by atomic mass is 19.1. The third kappa shape index (κ3) is 4.86. The van der Waals surface area contributed by atoms with Gasteiger partial charge >= 0.3 is 5.97 Å². The van der Waals surface area contributed by atoms with Crippen LogP contribution in [-0.2, 0) is 17.9 Å². The topological polar surface area (TPSA) is 75.6 Å². The van der Waals surface area contributed by atoms with Crippen LogP contribution in [0.4, 0.5) is 4.39 Å². The first-order chi connectivity index (χ1) is 14.0. The standard InChI is InChI=1S/C23H20FNO4/c1-29-23(28)19-7-3-6-18(12-19)22(27)25-13-15-8-9-21(24)20(11-15)17-5-2-4-16(10-17)14-26/h2-12,26H,13-14H2,1H3,(H,25,27). The number of benzene rings is 3. The molecule has 5 nitrogen and oxygen atoms in total. The van der Waals surface area contributed by atoms with Crippen molar-refractivity contribution in [1.82, 2.24) is 5.32 Å². The molecular weight excluding hydrogens is 373 g/mol. The molecule has 148 valence electrons. The van der Waals surface area contributed by atoms with E-state index in [9.17, 15) is 19.1 Å². The summed E-state index contributed by atoms with van der Waals surface area (Å²) >= 11 is 0. The summed E-state index contributed by atoms with van der Waals surface area (Å²) in [5.74, 6) is -1.27. The second-order valence-electron chi connectivity index (χ2n) is 6.43. The first-order valence-corrected chi connectivity index (χ1v) is 8.97. The van der Waals surface area contributed by atoms with Crippen LogP contribution in [0.15, 0.2) is 66.7 Å². The number of carbonyl (C=O) groups excluding carboxylic acids is 2. The SMILES string of the molecule is COC(=O)c1cccc(C(=O)NCc2ccc(F)c(-c3cccc(CO)c3)c2)c1. The number of halogens is 1. The zero-order valence-corrected chi connectivity index (χ0v) is 15.8. The summed E-state index contributed by atoms with van der Waals surface area (Å²) in [5.41, 5.74) is 3.05. The minimum Gasteiger partial charge on any atom is -0.465 e. The molecule has 0 aliphatic carbocycles. The molecule has 0 bridgehead atoms. The maximum absolute atomic E-state index is 14.3. The number of methoxy groups -OCH3 is 1. The largest absolute Gasteiger partial charge is 0.465 e. The fourth-order valence-electron chi connectivity index (χ4n) is 2.93. The van der Waals surface area contributed by atoms with Gasteiger partial charge in [0.1, 0.15) is 5.82 Å². The number of carbonyl (C=O) groups is 2. The van der Waals surface area contributed by atoms with Crippen LogP contribution < -0.4 is 5.32 Å². The number of ether oxygens (including phenoxy) is 1. The highest BCUT2D eigenvalue weighted by Gasteiger charge is 2.12. The number of rotatable bonds is 6. The summed E-state index contributed by atoms with van der Waals surface area (Å²) in [6.07, 6.45) is 0. The predicted octanol–water partition coefficient (Wildman–Crippen LogP) is 3.70. The van der Waals surface area contributed by atoms with Crippen LogP contribution in [0.1, 0.15) is 31.8 Å². The Bertz CT molecular complexity index is 1050. The average Bonchev–Trinajstić information content (AvgIpc) is 2.77. The van der Waals surface area contributed by atoms with E-state index in [2.05, 4.69) is 10.1 Å². The molecule has 0 aromatic heterocycles. The van der Waals surface area contributed by atoms with Crippen molar-refractivity contribution in [2.75, 3.05) is 7.11 Å². The summed E-state index contributed by atoms with van der Waals surface area (Å²) in [4.78, 5) is 24.0. The Labute approximate surface area is 167 Å². The Kier molecular flexibility index (Phi) is 6.36. The van der Waals surface area contributed by atoms with Gasteiger partial charge in [-0.2, -0.15) is 0 Å². The van der Waals surface area contributed by atoms with Crippen LogP contribution in [0.2, 0.25) is 0 Å². The van der Waals surface area contributed by atoms with E-state index in [4.69, 9.17) is 0 Å². The second-order valence-corrected chi connectivity index (χ2v) is 6.43. The first kappa shape index (κ1) is 20.2. The first-order valence-electron chi connectivity index (χ1n) is 8.97. The molecule has 3 aromatic rings. The highest BCUT2D eigenvalue weighted by Crippen LogP contribution is 2.25. The van der Waals surface area contributed by atoms with Gasteiger partial charge in [-0.15, -0.1) is 0 Å². The molecule has 6 heteroatoms. The Morgan fingerprint density at radius 1 is 0.966 bits per heavy atom. The molecule has 0 radical (unpaired) electrons. The van der Waals surface area contributed by atoms with E-state index in [0.29, 0.717) is 27.8 Å². The zero-order chi connectivity index (χ0) is 20.8. The molecule has 2 N–H and O–H groups in total. The van der Waals surface area contributed by atoms with Gasteiger partial charge in [-0.3, -0.25) is 4.79 Å². The van der Waals surface area contributed by atoms with Gasteiger partial charge in [0.15, 0.2) is 0 Å². The molecule has 1 amide bonds. The lowest BCUT2D eigenvalue weighted by molar-refractivity contribution is 0.0600. The number of nitrogens with one attached hydrogen (secondary N) is 1. The number of aliphatic hydroxyl groups is 1. The van der Waals surface area contributed by atoms with E-state index >= 15 is 0 Å². The van der Waals surface area contributed by atoms with Gasteiger partial charge in [0.25, 0.3) is 5.91 Å². The van der Waals surface area contributed by atoms with Gasteiger partial charge in [-0.25, -0.2) is 9.18 Å². The zero-order valence-electron chi connectivity index (χ0n) is 15.8. The lowest BCUT2D eigenvalue weighted by atomic mass is 10.0. The molecule has 0 fully saturated rings. The van der Waals surface area contributed by atoms with Crippen LogP contribution >= 0.6 is 0 Å². The average molecular weight is 393 g/mol. The van der Waals surface area contributed by atoms with Gasteiger partial charge in [0.2, 0.25) is 0 Å². The van der Waals surface area contributed by atoms with Crippen LogP contribution in [0, 0.1) is 5.82 Å². The molecule has 3 aromatic carbocycles. The fraction of sp³-hybridized carbons (Fsp3) is 0.130. The van der Waals surface area contributed by atoms with Crippen molar-refractivity contribution in [2.45, 2.75) is 13.2 Å². The smallest absolute Gasteiger partial charge is 0.337 e. The molecule has 0 aliphatic rings. The van der Waals surface area contributed by atoms with Crippen molar-refractivity contribution in [1.29, 1.82) is 0 Å². The third-order valence-electron chi connectivity index (χ3n) is 4.45. The van der Waals surface area contributed by atoms with Crippen molar-refractivity contribution >= 4 is 11.9 Å². The number of hydrogen-bond acceptors (Lipinski definition) is 4. The summed E-state index contributed by atoms with van der Waals surface area (Å²) < 4.78 is 19.0. The van der Waals surface area contributed by atoms with Gasteiger partial charge in [-0.1, -0.05) is 30.3 Å². The Morgan fingerprint density at radius 3 is 2.48 bits per heavy atom. The third-order valence-corrected chi connectivity index (χ3v) is 4.45. The normalized spacial score (nSPS) is 10.4. The molecule has 0 aliphatic heterocycles. The van der Waals surface area contributed by atoms with Crippen molar-refractivity contribution in [2.24, 2.45) is 0 Å². The van der Waals surface area contributed by atoms with Gasteiger partial charge < -0.3 is 15.2 Å². The second kappa shape index (κ2) is 9.12. The summed E-state index contributed by atoms with van der Waals surface area (Å²) in [7, 11) is 1.28. The molecule has 0 unspecified atom stereocenters. The van der Waals surface area contributed by atoms with E-state index in [0.717, 1.165) is 0 Å².